The Balaban J connectivity index is 1.77. The van der Waals surface area contributed by atoms with Gasteiger partial charge in [-0.1, -0.05) is 20.8 Å². The molecule has 0 aliphatic rings. The zero-order chi connectivity index (χ0) is 17.7. The highest BCUT2D eigenvalue weighted by molar-refractivity contribution is 7.71. The van der Waals surface area contributed by atoms with E-state index in [0.717, 1.165) is 18.8 Å². The zero-order valence-electron chi connectivity index (χ0n) is 14.7. The number of aromatic nitrogens is 3. The number of ether oxygens (including phenoxy) is 1. The van der Waals surface area contributed by atoms with Gasteiger partial charge in [-0.15, -0.1) is 0 Å². The number of benzene rings is 1. The van der Waals surface area contributed by atoms with Gasteiger partial charge in [0.25, 0.3) is 0 Å². The Bertz CT molecular complexity index is 703. The van der Waals surface area contributed by atoms with Crippen LogP contribution in [0.15, 0.2) is 24.3 Å². The average Bonchev–Trinajstić information content (AvgIpc) is 2.87. The van der Waals surface area contributed by atoms with E-state index in [-0.39, 0.29) is 11.2 Å². The fraction of sp³-hybridized carbons (Fsp3) is 0.529. The predicted octanol–water partition coefficient (Wildman–Crippen LogP) is 3.74. The van der Waals surface area contributed by atoms with Gasteiger partial charge in [-0.2, -0.15) is 0 Å². The van der Waals surface area contributed by atoms with Gasteiger partial charge in [0.05, 0.1) is 13.3 Å². The van der Waals surface area contributed by atoms with Crippen LogP contribution in [0.3, 0.4) is 0 Å². The molecule has 1 heterocycles. The van der Waals surface area contributed by atoms with Crippen LogP contribution < -0.4 is 4.74 Å². The van der Waals surface area contributed by atoms with Gasteiger partial charge >= 0.3 is 0 Å². The molecule has 0 aliphatic heterocycles. The maximum Gasteiger partial charge on any atom is 0.217 e. The smallest absolute Gasteiger partial charge is 0.217 e. The topological polar surface area (TPSA) is 46.1 Å². The van der Waals surface area contributed by atoms with Crippen molar-refractivity contribution in [3.8, 4) is 5.75 Å². The predicted molar refractivity (Wildman–Crippen MR) is 95.3 cm³/mol. The van der Waals surface area contributed by atoms with Gasteiger partial charge in [-0.05, 0) is 50.0 Å². The lowest BCUT2D eigenvalue weighted by Crippen LogP contribution is -2.25. The Morgan fingerprint density at radius 1 is 1.29 bits per heavy atom. The minimum Gasteiger partial charge on any atom is -0.494 e. The minimum absolute atomic E-state index is 0.0552. The van der Waals surface area contributed by atoms with Gasteiger partial charge < -0.3 is 4.74 Å². The van der Waals surface area contributed by atoms with Gasteiger partial charge in [-0.3, -0.25) is 10.00 Å². The second kappa shape index (κ2) is 7.90. The molecule has 7 heteroatoms. The summed E-state index contributed by atoms with van der Waals surface area (Å²) >= 11 is 5.31. The van der Waals surface area contributed by atoms with Crippen LogP contribution in [0.5, 0.6) is 5.75 Å². The monoisotopic (exact) mass is 352 g/mol. The molecule has 0 unspecified atom stereocenters. The van der Waals surface area contributed by atoms with E-state index in [9.17, 15) is 4.39 Å². The highest BCUT2D eigenvalue weighted by Gasteiger charge is 2.18. The molecule has 0 aliphatic carbocycles. The van der Waals surface area contributed by atoms with Gasteiger partial charge in [-0.25, -0.2) is 14.1 Å². The lowest BCUT2D eigenvalue weighted by Gasteiger charge is -2.18. The van der Waals surface area contributed by atoms with Crippen LogP contribution in [0.25, 0.3) is 0 Å². The first-order valence-electron chi connectivity index (χ1n) is 8.00. The lowest BCUT2D eigenvalue weighted by atomic mass is 9.96. The van der Waals surface area contributed by atoms with Crippen molar-refractivity contribution < 1.29 is 9.13 Å². The molecule has 5 nitrogen and oxygen atoms in total. The number of halogens is 1. The highest BCUT2D eigenvalue weighted by atomic mass is 32.1. The summed E-state index contributed by atoms with van der Waals surface area (Å²) in [5.74, 6) is 1.32. The molecular weight excluding hydrogens is 327 g/mol. The second-order valence-electron chi connectivity index (χ2n) is 6.91. The van der Waals surface area contributed by atoms with E-state index >= 15 is 0 Å². The van der Waals surface area contributed by atoms with Gasteiger partial charge in [0, 0.05) is 12.0 Å². The third-order valence-electron chi connectivity index (χ3n) is 3.54. The summed E-state index contributed by atoms with van der Waals surface area (Å²) in [5, 5.41) is 3.27. The first-order chi connectivity index (χ1) is 11.3. The van der Waals surface area contributed by atoms with E-state index in [1.807, 2.05) is 11.7 Å². The first-order valence-corrected chi connectivity index (χ1v) is 8.41. The summed E-state index contributed by atoms with van der Waals surface area (Å²) in [4.78, 5) is 6.57. The van der Waals surface area contributed by atoms with Crippen LogP contribution in [0.4, 0.5) is 4.39 Å². The van der Waals surface area contributed by atoms with Crippen molar-refractivity contribution in [3.63, 3.8) is 0 Å². The largest absolute Gasteiger partial charge is 0.494 e. The zero-order valence-corrected chi connectivity index (χ0v) is 15.5. The van der Waals surface area contributed by atoms with Gasteiger partial charge in [0.15, 0.2) is 0 Å². The molecule has 0 radical (unpaired) electrons. The van der Waals surface area contributed by atoms with E-state index in [4.69, 9.17) is 17.0 Å². The molecule has 1 aromatic heterocycles. The molecule has 1 N–H and O–H groups in total. The average molecular weight is 352 g/mol. The third kappa shape index (κ3) is 5.42. The second-order valence-corrected chi connectivity index (χ2v) is 7.27. The molecule has 0 bridgehead atoms. The fourth-order valence-electron chi connectivity index (χ4n) is 2.16. The molecule has 0 atom stereocenters. The van der Waals surface area contributed by atoms with Crippen LogP contribution in [0.2, 0.25) is 0 Å². The van der Waals surface area contributed by atoms with E-state index in [1.54, 1.807) is 12.1 Å². The summed E-state index contributed by atoms with van der Waals surface area (Å²) in [6.07, 6.45) is 0.863. The first kappa shape index (κ1) is 18.6. The summed E-state index contributed by atoms with van der Waals surface area (Å²) in [7, 11) is 2.03. The van der Waals surface area contributed by atoms with Crippen molar-refractivity contribution in [1.82, 2.24) is 19.7 Å². The molecule has 0 saturated heterocycles. The Hall–Kier alpha value is -1.73. The number of nitrogens with zero attached hydrogens (tertiary/aromatic N) is 3. The van der Waals surface area contributed by atoms with E-state index < -0.39 is 0 Å². The van der Waals surface area contributed by atoms with Gasteiger partial charge in [0.2, 0.25) is 4.77 Å². The van der Waals surface area contributed by atoms with Crippen LogP contribution in [-0.4, -0.2) is 39.9 Å². The highest BCUT2D eigenvalue weighted by Crippen LogP contribution is 2.17. The molecule has 0 fully saturated rings. The summed E-state index contributed by atoms with van der Waals surface area (Å²) in [6.45, 7) is 8.38. The van der Waals surface area contributed by atoms with Crippen LogP contribution in [0.1, 0.15) is 33.0 Å². The van der Waals surface area contributed by atoms with Crippen molar-refractivity contribution in [2.75, 3.05) is 20.2 Å². The molecule has 2 rings (SSSR count). The number of nitrogens with one attached hydrogen (secondary N) is 1. The van der Waals surface area contributed by atoms with Crippen molar-refractivity contribution >= 4 is 12.2 Å². The van der Waals surface area contributed by atoms with Crippen LogP contribution in [0, 0.1) is 10.6 Å². The number of aromatic amines is 1. The SMILES string of the molecule is CN(CCCOc1ccc(F)cc1)Cn1[nH]c(C(C)(C)C)nc1=S. The van der Waals surface area contributed by atoms with Gasteiger partial charge in [0.1, 0.15) is 17.4 Å². The Morgan fingerprint density at radius 2 is 1.96 bits per heavy atom. The summed E-state index contributed by atoms with van der Waals surface area (Å²) in [6, 6.07) is 6.07. The van der Waals surface area contributed by atoms with E-state index in [0.29, 0.717) is 23.8 Å². The Morgan fingerprint density at radius 3 is 2.54 bits per heavy atom. The number of H-pyrrole nitrogens is 1. The summed E-state index contributed by atoms with van der Waals surface area (Å²) in [5.41, 5.74) is -0.0552. The molecule has 1 aromatic carbocycles. The molecular formula is C17H25FN4OS. The Kier molecular flexibility index (Phi) is 6.12. The minimum atomic E-state index is -0.256. The molecule has 0 amide bonds. The number of hydrogen-bond donors (Lipinski definition) is 1. The maximum atomic E-state index is 12.8. The van der Waals surface area contributed by atoms with E-state index in [1.165, 1.54) is 12.1 Å². The Labute approximate surface area is 147 Å². The molecule has 0 spiro atoms. The van der Waals surface area contributed by atoms with Crippen molar-refractivity contribution in [2.24, 2.45) is 0 Å². The lowest BCUT2D eigenvalue weighted by molar-refractivity contribution is 0.220. The van der Waals surface area contributed by atoms with Crippen molar-refractivity contribution in [1.29, 1.82) is 0 Å². The molecule has 0 saturated carbocycles. The summed E-state index contributed by atoms with van der Waals surface area (Å²) < 4.78 is 20.8. The number of rotatable bonds is 7. The fourth-order valence-corrected chi connectivity index (χ4v) is 2.35. The molecule has 2 aromatic rings. The molecule has 24 heavy (non-hydrogen) atoms. The van der Waals surface area contributed by atoms with Crippen molar-refractivity contribution in [2.45, 2.75) is 39.3 Å². The molecule has 132 valence electrons. The number of hydrogen-bond acceptors (Lipinski definition) is 4. The quantitative estimate of drug-likeness (QED) is 0.609. The maximum absolute atomic E-state index is 12.8. The van der Waals surface area contributed by atoms with Crippen LogP contribution >= 0.6 is 12.2 Å². The normalized spacial score (nSPS) is 11.9. The van der Waals surface area contributed by atoms with E-state index in [2.05, 4.69) is 35.8 Å². The van der Waals surface area contributed by atoms with Crippen molar-refractivity contribution in [3.05, 3.63) is 40.7 Å². The van der Waals surface area contributed by atoms with Crippen LogP contribution in [-0.2, 0) is 12.1 Å². The third-order valence-corrected chi connectivity index (χ3v) is 3.85. The standard InChI is InChI=1S/C17H25FN4OS/c1-17(2,3)15-19-16(24)22(20-15)12-21(4)10-5-11-23-14-8-6-13(18)7-9-14/h6-9H,5,10-12H2,1-4H3,(H,19,20,24).